The second-order valence-electron chi connectivity index (χ2n) is 9.02. The summed E-state index contributed by atoms with van der Waals surface area (Å²) in [7, 11) is 1.98. The molecule has 35 heavy (non-hydrogen) atoms. The lowest BCUT2D eigenvalue weighted by Gasteiger charge is -2.38. The van der Waals surface area contributed by atoms with Crippen molar-refractivity contribution in [2.24, 2.45) is 11.5 Å². The van der Waals surface area contributed by atoms with E-state index in [2.05, 4.69) is 18.7 Å². The Morgan fingerprint density at radius 3 is 2.09 bits per heavy atom. The quantitative estimate of drug-likeness (QED) is 0.550. The molecule has 1 aromatic carbocycles. The number of aliphatic hydroxyl groups excluding tert-OH is 1. The van der Waals surface area contributed by atoms with E-state index in [4.69, 9.17) is 21.4 Å². The predicted molar refractivity (Wildman–Crippen MR) is 137 cm³/mol. The number of carbonyl (C=O) groups is 4. The summed E-state index contributed by atoms with van der Waals surface area (Å²) in [5.41, 5.74) is 10.7. The topological polar surface area (TPSA) is 147 Å². The molecule has 3 amide bonds. The zero-order chi connectivity index (χ0) is 27.0. The number of hydrogen-bond donors (Lipinski definition) is 3. The standard InChI is InChI=1S/C18H25N3O2.C4H9NO2.C3H8.CH2O/c1-20-11-5-9-15(20)16(22)21-12-6-10-18(21,17(19)23)13-14-7-3-2-4-8-14;1-3(6)2-4(5)7;1-3-2;1-2/h2-4,7-8,15H,5-6,9-13H2,1H3,(H2,19,23);3,6H,2H2,1H3,(H2,5,7);3H2,1-2H3;1H2/t15?,18-;3-;;/m01../s1. The van der Waals surface area contributed by atoms with Crippen LogP contribution in [0.15, 0.2) is 30.3 Å². The smallest absolute Gasteiger partial charge is 0.243 e. The second kappa shape index (κ2) is 16.8. The third-order valence-electron chi connectivity index (χ3n) is 5.85. The van der Waals surface area contributed by atoms with E-state index in [9.17, 15) is 14.4 Å². The number of primary amides is 2. The van der Waals surface area contributed by atoms with Gasteiger partial charge in [-0.25, -0.2) is 0 Å². The third kappa shape index (κ3) is 10.2. The van der Waals surface area contributed by atoms with Crippen molar-refractivity contribution in [1.82, 2.24) is 9.80 Å². The molecule has 0 bridgehead atoms. The van der Waals surface area contributed by atoms with E-state index in [0.29, 0.717) is 19.4 Å². The highest BCUT2D eigenvalue weighted by Crippen LogP contribution is 2.34. The van der Waals surface area contributed by atoms with Gasteiger partial charge in [0.1, 0.15) is 12.3 Å². The monoisotopic (exact) mass is 492 g/mol. The number of likely N-dealkylation sites (N-methyl/N-ethyl adjacent to an activating group) is 1. The maximum atomic E-state index is 13.0. The van der Waals surface area contributed by atoms with E-state index in [0.717, 1.165) is 31.4 Å². The van der Waals surface area contributed by atoms with E-state index in [1.54, 1.807) is 4.90 Å². The first-order valence-corrected chi connectivity index (χ1v) is 12.2. The number of hydrogen-bond acceptors (Lipinski definition) is 6. The fraction of sp³-hybridized carbons (Fsp3) is 0.615. The van der Waals surface area contributed by atoms with Crippen LogP contribution in [0.4, 0.5) is 0 Å². The first-order chi connectivity index (χ1) is 16.6. The van der Waals surface area contributed by atoms with Crippen LogP contribution < -0.4 is 11.5 Å². The maximum Gasteiger partial charge on any atom is 0.243 e. The Labute approximate surface area is 209 Å². The molecule has 5 N–H and O–H groups in total. The minimum atomic E-state index is -0.873. The van der Waals surface area contributed by atoms with Gasteiger partial charge in [-0.1, -0.05) is 50.6 Å². The molecule has 0 aliphatic carbocycles. The molecule has 1 unspecified atom stereocenters. The number of likely N-dealkylation sites (tertiary alicyclic amines) is 2. The zero-order valence-corrected chi connectivity index (χ0v) is 21.7. The average Bonchev–Trinajstić information content (AvgIpc) is 3.42. The molecule has 2 aliphatic heterocycles. The van der Waals surface area contributed by atoms with Gasteiger partial charge in [-0.3, -0.25) is 19.3 Å². The molecule has 0 radical (unpaired) electrons. The van der Waals surface area contributed by atoms with Gasteiger partial charge in [0.25, 0.3) is 0 Å². The highest BCUT2D eigenvalue weighted by Gasteiger charge is 2.50. The van der Waals surface area contributed by atoms with Crippen molar-refractivity contribution in [1.29, 1.82) is 0 Å². The third-order valence-corrected chi connectivity index (χ3v) is 5.85. The largest absolute Gasteiger partial charge is 0.393 e. The van der Waals surface area contributed by atoms with E-state index in [1.807, 2.05) is 44.2 Å². The Morgan fingerprint density at radius 2 is 1.69 bits per heavy atom. The van der Waals surface area contributed by atoms with Crippen LogP contribution in [0.25, 0.3) is 0 Å². The SMILES string of the molecule is C=O.CCC.CN1CCCC1C(=O)N1CCC[C@]1(Cc1ccccc1)C(N)=O.C[C@@H](O)CC(N)=O. The molecule has 1 aromatic rings. The highest BCUT2D eigenvalue weighted by molar-refractivity contribution is 5.93. The van der Waals surface area contributed by atoms with Crippen molar-refractivity contribution in [3.63, 3.8) is 0 Å². The van der Waals surface area contributed by atoms with Crippen LogP contribution in [0, 0.1) is 0 Å². The van der Waals surface area contributed by atoms with Crippen LogP contribution in [0.2, 0.25) is 0 Å². The highest BCUT2D eigenvalue weighted by atomic mass is 16.3. The summed E-state index contributed by atoms with van der Waals surface area (Å²) in [4.78, 5) is 47.1. The number of amides is 3. The molecule has 198 valence electrons. The number of benzene rings is 1. The summed E-state index contributed by atoms with van der Waals surface area (Å²) in [5.74, 6) is -0.778. The van der Waals surface area contributed by atoms with Crippen LogP contribution in [-0.2, 0) is 25.6 Å². The summed E-state index contributed by atoms with van der Waals surface area (Å²) in [6.07, 6.45) is 4.59. The first kappa shape index (κ1) is 32.2. The molecule has 3 atom stereocenters. The molecule has 3 rings (SSSR count). The lowest BCUT2D eigenvalue weighted by atomic mass is 9.87. The lowest BCUT2D eigenvalue weighted by molar-refractivity contribution is -0.146. The van der Waals surface area contributed by atoms with Crippen LogP contribution in [0.3, 0.4) is 0 Å². The van der Waals surface area contributed by atoms with Crippen molar-refractivity contribution < 1.29 is 24.3 Å². The van der Waals surface area contributed by atoms with Crippen LogP contribution in [0.5, 0.6) is 0 Å². The predicted octanol–water partition coefficient (Wildman–Crippen LogP) is 1.64. The molecule has 2 saturated heterocycles. The lowest BCUT2D eigenvalue weighted by Crippen LogP contribution is -2.60. The van der Waals surface area contributed by atoms with Gasteiger partial charge in [0, 0.05) is 13.0 Å². The van der Waals surface area contributed by atoms with Crippen LogP contribution in [-0.4, -0.2) is 77.2 Å². The fourth-order valence-electron chi connectivity index (χ4n) is 4.35. The van der Waals surface area contributed by atoms with E-state index in [1.165, 1.54) is 13.3 Å². The minimum Gasteiger partial charge on any atom is -0.393 e. The number of nitrogens with two attached hydrogens (primary N) is 2. The van der Waals surface area contributed by atoms with E-state index in [-0.39, 0.29) is 24.3 Å². The Morgan fingerprint density at radius 1 is 1.11 bits per heavy atom. The van der Waals surface area contributed by atoms with Gasteiger partial charge in [0.15, 0.2) is 0 Å². The Kier molecular flexibility index (Phi) is 15.4. The zero-order valence-electron chi connectivity index (χ0n) is 21.7. The molecule has 9 nitrogen and oxygen atoms in total. The average molecular weight is 493 g/mol. The molecule has 2 aliphatic rings. The molecule has 0 spiro atoms. The molecule has 0 aromatic heterocycles. The second-order valence-corrected chi connectivity index (χ2v) is 9.02. The van der Waals surface area contributed by atoms with Gasteiger partial charge in [-0.2, -0.15) is 0 Å². The number of nitrogens with zero attached hydrogens (tertiary/aromatic N) is 2. The number of rotatable bonds is 6. The molecule has 2 heterocycles. The molecular weight excluding hydrogens is 448 g/mol. The van der Waals surface area contributed by atoms with Crippen molar-refractivity contribution in [2.75, 3.05) is 20.1 Å². The van der Waals surface area contributed by atoms with E-state index < -0.39 is 17.6 Å². The van der Waals surface area contributed by atoms with E-state index >= 15 is 0 Å². The fourth-order valence-corrected chi connectivity index (χ4v) is 4.35. The van der Waals surface area contributed by atoms with Gasteiger partial charge >= 0.3 is 0 Å². The van der Waals surface area contributed by atoms with Crippen molar-refractivity contribution in [2.45, 2.75) is 83.4 Å². The van der Waals surface area contributed by atoms with Gasteiger partial charge < -0.3 is 26.3 Å². The number of aliphatic hydroxyl groups is 1. The number of carbonyl (C=O) groups excluding carboxylic acids is 4. The molecule has 0 saturated carbocycles. The molecule has 2 fully saturated rings. The van der Waals surface area contributed by atoms with Crippen LogP contribution >= 0.6 is 0 Å². The molecule has 9 heteroatoms. The van der Waals surface area contributed by atoms with Gasteiger partial charge in [0.05, 0.1) is 18.6 Å². The van der Waals surface area contributed by atoms with Crippen LogP contribution in [0.1, 0.15) is 64.9 Å². The van der Waals surface area contributed by atoms with Gasteiger partial charge in [-0.05, 0) is 51.8 Å². The summed E-state index contributed by atoms with van der Waals surface area (Å²) in [6, 6.07) is 9.74. The Balaban J connectivity index is 0.000000813. The minimum absolute atomic E-state index is 0.0556. The summed E-state index contributed by atoms with van der Waals surface area (Å²) in [6.45, 7) is 9.33. The Bertz CT molecular complexity index is 774. The molecular formula is C26H44N4O5. The van der Waals surface area contributed by atoms with Crippen molar-refractivity contribution in [3.05, 3.63) is 35.9 Å². The first-order valence-electron chi connectivity index (χ1n) is 12.2. The van der Waals surface area contributed by atoms with Crippen molar-refractivity contribution in [3.8, 4) is 0 Å². The summed E-state index contributed by atoms with van der Waals surface area (Å²) < 4.78 is 0. The maximum absolute atomic E-state index is 13.0. The summed E-state index contributed by atoms with van der Waals surface area (Å²) >= 11 is 0. The Hall–Kier alpha value is -2.78. The normalized spacial score (nSPS) is 21.9. The summed E-state index contributed by atoms with van der Waals surface area (Å²) in [5, 5.41) is 8.42. The van der Waals surface area contributed by atoms with Crippen molar-refractivity contribution >= 4 is 24.5 Å². The van der Waals surface area contributed by atoms with Gasteiger partial charge in [0.2, 0.25) is 17.7 Å². The van der Waals surface area contributed by atoms with Gasteiger partial charge in [-0.15, -0.1) is 0 Å².